The number of carbonyl (C=O) groups excluding carboxylic acids is 1. The molecule has 0 spiro atoms. The standard InChI is InChI=1S/C28H28N2O3/c1-32-25-16-20-14-15-30(27(31)13-12-21-18-29-24-11-7-6-10-22(21)24)28(19-8-4-3-5-9-19)23(20)17-26(25)33-2/h3-11,16-18,28-29H,12-15H2,1-2H3/t28-/m0/s1. The van der Waals surface area contributed by atoms with Gasteiger partial charge in [-0.1, -0.05) is 48.5 Å². The Kier molecular flexibility index (Phi) is 5.78. The number of H-pyrrole nitrogens is 1. The summed E-state index contributed by atoms with van der Waals surface area (Å²) in [5.41, 5.74) is 5.69. The number of ether oxygens (including phenoxy) is 2. The summed E-state index contributed by atoms with van der Waals surface area (Å²) < 4.78 is 11.1. The normalized spacial score (nSPS) is 15.3. The van der Waals surface area contributed by atoms with E-state index >= 15 is 0 Å². The minimum absolute atomic E-state index is 0.148. The van der Waals surface area contributed by atoms with E-state index in [-0.39, 0.29) is 11.9 Å². The number of nitrogens with one attached hydrogen (secondary N) is 1. The molecule has 0 bridgehead atoms. The fourth-order valence-electron chi connectivity index (χ4n) is 4.93. The second-order valence-corrected chi connectivity index (χ2v) is 8.42. The van der Waals surface area contributed by atoms with E-state index in [1.54, 1.807) is 14.2 Å². The highest BCUT2D eigenvalue weighted by Gasteiger charge is 2.33. The maximum atomic E-state index is 13.6. The molecular weight excluding hydrogens is 412 g/mol. The van der Waals surface area contributed by atoms with E-state index in [1.807, 2.05) is 47.5 Å². The number of amides is 1. The summed E-state index contributed by atoms with van der Waals surface area (Å²) in [6.45, 7) is 0.675. The van der Waals surface area contributed by atoms with E-state index in [4.69, 9.17) is 9.47 Å². The van der Waals surface area contributed by atoms with Crippen molar-refractivity contribution in [3.05, 3.63) is 95.2 Å². The summed E-state index contributed by atoms with van der Waals surface area (Å²) in [4.78, 5) is 18.9. The van der Waals surface area contributed by atoms with Crippen molar-refractivity contribution >= 4 is 16.8 Å². The molecule has 2 heterocycles. The Hall–Kier alpha value is -3.73. The maximum absolute atomic E-state index is 13.6. The van der Waals surface area contributed by atoms with Crippen LogP contribution in [0.25, 0.3) is 10.9 Å². The lowest BCUT2D eigenvalue weighted by Crippen LogP contribution is -2.40. The highest BCUT2D eigenvalue weighted by atomic mass is 16.5. The van der Waals surface area contributed by atoms with Gasteiger partial charge in [0.2, 0.25) is 5.91 Å². The minimum Gasteiger partial charge on any atom is -0.493 e. The zero-order chi connectivity index (χ0) is 22.8. The molecule has 1 atom stereocenters. The van der Waals surface area contributed by atoms with Crippen molar-refractivity contribution in [2.45, 2.75) is 25.3 Å². The van der Waals surface area contributed by atoms with Crippen LogP contribution in [0.15, 0.2) is 72.9 Å². The lowest BCUT2D eigenvalue weighted by molar-refractivity contribution is -0.133. The number of nitrogens with zero attached hydrogens (tertiary/aromatic N) is 1. The van der Waals surface area contributed by atoms with E-state index in [9.17, 15) is 4.79 Å². The van der Waals surface area contributed by atoms with Crippen LogP contribution in [0.2, 0.25) is 0 Å². The van der Waals surface area contributed by atoms with Crippen molar-refractivity contribution in [2.75, 3.05) is 20.8 Å². The molecule has 5 heteroatoms. The van der Waals surface area contributed by atoms with Crippen LogP contribution in [-0.2, 0) is 17.6 Å². The molecule has 4 aromatic rings. The largest absolute Gasteiger partial charge is 0.493 e. The Morgan fingerprint density at radius 1 is 1.00 bits per heavy atom. The van der Waals surface area contributed by atoms with Gasteiger partial charge in [0.1, 0.15) is 0 Å². The average Bonchev–Trinajstić information content (AvgIpc) is 3.29. The van der Waals surface area contributed by atoms with E-state index in [1.165, 1.54) is 16.5 Å². The van der Waals surface area contributed by atoms with Gasteiger partial charge >= 0.3 is 0 Å². The number of para-hydroxylation sites is 1. The molecule has 3 aromatic carbocycles. The van der Waals surface area contributed by atoms with E-state index in [0.717, 1.165) is 28.8 Å². The van der Waals surface area contributed by atoms with Crippen LogP contribution in [0.5, 0.6) is 11.5 Å². The number of rotatable bonds is 6. The third-order valence-corrected chi connectivity index (χ3v) is 6.59. The van der Waals surface area contributed by atoms with Gasteiger partial charge < -0.3 is 19.4 Å². The monoisotopic (exact) mass is 440 g/mol. The molecular formula is C28H28N2O3. The molecule has 0 radical (unpaired) electrons. The SMILES string of the molecule is COc1cc2c(cc1OC)[C@H](c1ccccc1)N(C(=O)CCc1c[nH]c3ccccc13)CC2. The van der Waals surface area contributed by atoms with Crippen LogP contribution < -0.4 is 9.47 Å². The van der Waals surface area contributed by atoms with Gasteiger partial charge in [0.05, 0.1) is 20.3 Å². The van der Waals surface area contributed by atoms with Crippen molar-refractivity contribution in [3.63, 3.8) is 0 Å². The third-order valence-electron chi connectivity index (χ3n) is 6.59. The second-order valence-electron chi connectivity index (χ2n) is 8.42. The number of aryl methyl sites for hydroxylation is 1. The van der Waals surface area contributed by atoms with Crippen molar-refractivity contribution < 1.29 is 14.3 Å². The number of hydrogen-bond donors (Lipinski definition) is 1. The van der Waals surface area contributed by atoms with Crippen molar-refractivity contribution in [1.29, 1.82) is 0 Å². The van der Waals surface area contributed by atoms with Gasteiger partial charge in [-0.25, -0.2) is 0 Å². The van der Waals surface area contributed by atoms with Crippen molar-refractivity contribution in [3.8, 4) is 11.5 Å². The molecule has 0 fully saturated rings. The van der Waals surface area contributed by atoms with E-state index < -0.39 is 0 Å². The lowest BCUT2D eigenvalue weighted by atomic mass is 9.87. The summed E-state index contributed by atoms with van der Waals surface area (Å²) in [7, 11) is 3.30. The van der Waals surface area contributed by atoms with Crippen LogP contribution in [0.1, 0.15) is 34.7 Å². The van der Waals surface area contributed by atoms with Crippen LogP contribution >= 0.6 is 0 Å². The molecule has 1 N–H and O–H groups in total. The molecule has 168 valence electrons. The number of hydrogen-bond acceptors (Lipinski definition) is 3. The van der Waals surface area contributed by atoms with Crippen LogP contribution in [0.4, 0.5) is 0 Å². The minimum atomic E-state index is -0.148. The molecule has 0 aliphatic carbocycles. The van der Waals surface area contributed by atoms with Crippen molar-refractivity contribution in [2.24, 2.45) is 0 Å². The highest BCUT2D eigenvalue weighted by molar-refractivity contribution is 5.84. The number of methoxy groups -OCH3 is 2. The first-order valence-electron chi connectivity index (χ1n) is 11.3. The molecule has 1 amide bonds. The third kappa shape index (κ3) is 3.95. The molecule has 0 saturated heterocycles. The van der Waals surface area contributed by atoms with Crippen LogP contribution in [0, 0.1) is 0 Å². The van der Waals surface area contributed by atoms with Gasteiger partial charge in [-0.2, -0.15) is 0 Å². The van der Waals surface area contributed by atoms with Gasteiger partial charge in [0, 0.05) is 30.1 Å². The molecule has 0 unspecified atom stereocenters. The fraction of sp³-hybridized carbons (Fsp3) is 0.250. The second kappa shape index (κ2) is 9.02. The predicted octanol–water partition coefficient (Wildman–Crippen LogP) is 5.29. The summed E-state index contributed by atoms with van der Waals surface area (Å²) in [5, 5.41) is 1.19. The zero-order valence-corrected chi connectivity index (χ0v) is 19.0. The molecule has 1 aromatic heterocycles. The average molecular weight is 441 g/mol. The summed E-state index contributed by atoms with van der Waals surface area (Å²) >= 11 is 0. The van der Waals surface area contributed by atoms with Gasteiger partial charge in [0.15, 0.2) is 11.5 Å². The molecule has 5 rings (SSSR count). The van der Waals surface area contributed by atoms with Gasteiger partial charge in [0.25, 0.3) is 0 Å². The first-order chi connectivity index (χ1) is 16.2. The number of aromatic amines is 1. The van der Waals surface area contributed by atoms with E-state index in [0.29, 0.717) is 25.1 Å². The molecule has 33 heavy (non-hydrogen) atoms. The Bertz CT molecular complexity index is 1280. The quantitative estimate of drug-likeness (QED) is 0.443. The molecule has 1 aliphatic heterocycles. The fourth-order valence-corrected chi connectivity index (χ4v) is 4.93. The Morgan fingerprint density at radius 2 is 1.73 bits per heavy atom. The van der Waals surface area contributed by atoms with Gasteiger partial charge in [-0.15, -0.1) is 0 Å². The Morgan fingerprint density at radius 3 is 2.52 bits per heavy atom. The molecule has 5 nitrogen and oxygen atoms in total. The Labute approximate surface area is 193 Å². The van der Waals surface area contributed by atoms with Gasteiger partial charge in [-0.05, 0) is 53.3 Å². The number of benzene rings is 3. The predicted molar refractivity (Wildman–Crippen MR) is 130 cm³/mol. The van der Waals surface area contributed by atoms with E-state index in [2.05, 4.69) is 35.3 Å². The summed E-state index contributed by atoms with van der Waals surface area (Å²) in [6.07, 6.45) is 3.99. The topological polar surface area (TPSA) is 54.6 Å². The molecule has 1 aliphatic rings. The van der Waals surface area contributed by atoms with Gasteiger partial charge in [-0.3, -0.25) is 4.79 Å². The molecule has 0 saturated carbocycles. The highest BCUT2D eigenvalue weighted by Crippen LogP contribution is 2.41. The number of carbonyl (C=O) groups is 1. The van der Waals surface area contributed by atoms with Crippen LogP contribution in [0.3, 0.4) is 0 Å². The number of aromatic nitrogens is 1. The first kappa shape index (κ1) is 21.1. The Balaban J connectivity index is 1.46. The first-order valence-corrected chi connectivity index (χ1v) is 11.3. The van der Waals surface area contributed by atoms with Crippen LogP contribution in [-0.4, -0.2) is 36.6 Å². The smallest absolute Gasteiger partial charge is 0.223 e. The summed E-state index contributed by atoms with van der Waals surface area (Å²) in [5.74, 6) is 1.57. The zero-order valence-electron chi connectivity index (χ0n) is 19.0. The summed E-state index contributed by atoms with van der Waals surface area (Å²) in [6, 6.07) is 22.4. The number of fused-ring (bicyclic) bond motifs is 2. The maximum Gasteiger partial charge on any atom is 0.223 e. The van der Waals surface area contributed by atoms with Crippen molar-refractivity contribution in [1.82, 2.24) is 9.88 Å². The lowest BCUT2D eigenvalue weighted by Gasteiger charge is -2.38.